The average Bonchev–Trinajstić information content (AvgIpc) is 2.97. The number of ether oxygens (including phenoxy) is 1. The number of hydrogen-bond donors (Lipinski definition) is 1. The lowest BCUT2D eigenvalue weighted by atomic mass is 9.99. The molecule has 1 aromatic heterocycles. The van der Waals surface area contributed by atoms with Crippen LogP contribution in [0.25, 0.3) is 11.3 Å². The van der Waals surface area contributed by atoms with Gasteiger partial charge in [-0.15, -0.1) is 11.3 Å². The number of rotatable bonds is 5. The minimum absolute atomic E-state index is 0.333. The number of carbonyl (C=O) groups is 2. The molecule has 0 saturated heterocycles. The van der Waals surface area contributed by atoms with Crippen LogP contribution in [0.5, 0.6) is 0 Å². The van der Waals surface area contributed by atoms with Gasteiger partial charge in [-0.05, 0) is 50.5 Å². The van der Waals surface area contributed by atoms with Gasteiger partial charge in [0.2, 0.25) is 0 Å². The summed E-state index contributed by atoms with van der Waals surface area (Å²) >= 11 is 1.34. The highest BCUT2D eigenvalue weighted by molar-refractivity contribution is 7.14. The Kier molecular flexibility index (Phi) is 5.87. The van der Waals surface area contributed by atoms with Crippen molar-refractivity contribution in [3.8, 4) is 11.3 Å². The monoisotopic (exact) mass is 344 g/mol. The number of thiazole rings is 1. The lowest BCUT2D eigenvalue weighted by molar-refractivity contribution is -0.142. The van der Waals surface area contributed by atoms with E-state index < -0.39 is 11.9 Å². The molecule has 5 nitrogen and oxygen atoms in total. The standard InChI is InChI=1S/C18H20N2O3S/c1-5-6-17(22)23-9-16(21)20-18-19-15(10-24-18)14-8-12(3)11(2)7-13(14)4/h5-8,10H,9H2,1-4H3,(H,19,20,21)/b6-5+. The number of allylic oxidation sites excluding steroid dienone is 1. The summed E-state index contributed by atoms with van der Waals surface area (Å²) in [5.74, 6) is -0.955. The first-order valence-corrected chi connectivity index (χ1v) is 8.41. The predicted octanol–water partition coefficient (Wildman–Crippen LogP) is 3.79. The summed E-state index contributed by atoms with van der Waals surface area (Å²) in [4.78, 5) is 27.4. The highest BCUT2D eigenvalue weighted by atomic mass is 32.1. The van der Waals surface area contributed by atoms with E-state index in [9.17, 15) is 9.59 Å². The predicted molar refractivity (Wildman–Crippen MR) is 96.2 cm³/mol. The minimum atomic E-state index is -0.543. The molecule has 0 saturated carbocycles. The Morgan fingerprint density at radius 1 is 1.21 bits per heavy atom. The first-order valence-electron chi connectivity index (χ1n) is 7.53. The van der Waals surface area contributed by atoms with Crippen LogP contribution in [-0.4, -0.2) is 23.5 Å². The van der Waals surface area contributed by atoms with E-state index in [4.69, 9.17) is 4.74 Å². The van der Waals surface area contributed by atoms with Crippen molar-refractivity contribution >= 4 is 28.3 Å². The van der Waals surface area contributed by atoms with Gasteiger partial charge in [0.25, 0.3) is 5.91 Å². The maximum atomic E-state index is 11.8. The molecule has 0 fully saturated rings. The summed E-state index contributed by atoms with van der Waals surface area (Å²) in [5.41, 5.74) is 5.45. The second kappa shape index (κ2) is 7.88. The van der Waals surface area contributed by atoms with Crippen molar-refractivity contribution in [2.24, 2.45) is 0 Å². The lowest BCUT2D eigenvalue weighted by Gasteiger charge is -2.07. The summed E-state index contributed by atoms with van der Waals surface area (Å²) in [6, 6.07) is 4.23. The number of aromatic nitrogens is 1. The van der Waals surface area contributed by atoms with Crippen molar-refractivity contribution in [1.82, 2.24) is 4.98 Å². The normalized spacial score (nSPS) is 10.8. The van der Waals surface area contributed by atoms with Gasteiger partial charge in [0.05, 0.1) is 5.69 Å². The van der Waals surface area contributed by atoms with E-state index >= 15 is 0 Å². The van der Waals surface area contributed by atoms with Gasteiger partial charge in [0, 0.05) is 17.0 Å². The molecule has 24 heavy (non-hydrogen) atoms. The van der Waals surface area contributed by atoms with Crippen LogP contribution in [0.3, 0.4) is 0 Å². The van der Waals surface area contributed by atoms with Crippen molar-refractivity contribution in [1.29, 1.82) is 0 Å². The SMILES string of the molecule is C/C=C/C(=O)OCC(=O)Nc1nc(-c2cc(C)c(C)cc2C)cs1. The number of carbonyl (C=O) groups excluding carboxylic acids is 2. The fourth-order valence-corrected chi connectivity index (χ4v) is 2.89. The summed E-state index contributed by atoms with van der Waals surface area (Å²) < 4.78 is 4.79. The number of esters is 1. The van der Waals surface area contributed by atoms with E-state index in [0.717, 1.165) is 16.8 Å². The Morgan fingerprint density at radius 2 is 1.92 bits per heavy atom. The third-order valence-electron chi connectivity index (χ3n) is 3.52. The molecule has 0 spiro atoms. The maximum absolute atomic E-state index is 11.8. The van der Waals surface area contributed by atoms with Crippen molar-refractivity contribution < 1.29 is 14.3 Å². The van der Waals surface area contributed by atoms with Gasteiger partial charge in [0.1, 0.15) is 0 Å². The maximum Gasteiger partial charge on any atom is 0.330 e. The van der Waals surface area contributed by atoms with Gasteiger partial charge in [-0.3, -0.25) is 10.1 Å². The molecule has 0 atom stereocenters. The van der Waals surface area contributed by atoms with Gasteiger partial charge in [-0.2, -0.15) is 0 Å². The number of hydrogen-bond acceptors (Lipinski definition) is 5. The molecule has 0 radical (unpaired) electrons. The second-order valence-electron chi connectivity index (χ2n) is 5.45. The Balaban J connectivity index is 2.05. The fourth-order valence-electron chi connectivity index (χ4n) is 2.17. The van der Waals surface area contributed by atoms with Crippen molar-refractivity contribution in [3.63, 3.8) is 0 Å². The molecule has 1 aromatic carbocycles. The molecule has 1 heterocycles. The van der Waals surface area contributed by atoms with Crippen LogP contribution in [0.15, 0.2) is 29.7 Å². The molecule has 0 aliphatic heterocycles. The number of amides is 1. The summed E-state index contributed by atoms with van der Waals surface area (Å²) in [7, 11) is 0. The summed E-state index contributed by atoms with van der Waals surface area (Å²) in [6.45, 7) is 7.55. The zero-order valence-electron chi connectivity index (χ0n) is 14.2. The Hall–Kier alpha value is -2.47. The molecule has 0 bridgehead atoms. The molecular formula is C18H20N2O3S. The number of nitrogens with zero attached hydrogens (tertiary/aromatic N) is 1. The number of nitrogens with one attached hydrogen (secondary N) is 1. The minimum Gasteiger partial charge on any atom is -0.452 e. The van der Waals surface area contributed by atoms with E-state index in [1.165, 1.54) is 28.5 Å². The van der Waals surface area contributed by atoms with Crippen LogP contribution in [-0.2, 0) is 14.3 Å². The fraction of sp³-hybridized carbons (Fsp3) is 0.278. The molecule has 0 aliphatic carbocycles. The topological polar surface area (TPSA) is 68.3 Å². The molecule has 0 unspecified atom stereocenters. The van der Waals surface area contributed by atoms with Gasteiger partial charge in [-0.1, -0.05) is 12.1 Å². The van der Waals surface area contributed by atoms with E-state index in [0.29, 0.717) is 5.13 Å². The smallest absolute Gasteiger partial charge is 0.330 e. The average molecular weight is 344 g/mol. The zero-order chi connectivity index (χ0) is 17.7. The molecule has 1 amide bonds. The molecule has 0 aliphatic rings. The molecule has 1 N–H and O–H groups in total. The van der Waals surface area contributed by atoms with Crippen LogP contribution in [0.2, 0.25) is 0 Å². The number of anilines is 1. The largest absolute Gasteiger partial charge is 0.452 e. The molecule has 2 rings (SSSR count). The van der Waals surface area contributed by atoms with Crippen molar-refractivity contribution in [2.75, 3.05) is 11.9 Å². The molecular weight excluding hydrogens is 324 g/mol. The first kappa shape index (κ1) is 17.9. The number of benzene rings is 1. The summed E-state index contributed by atoms with van der Waals surface area (Å²) in [6.07, 6.45) is 2.82. The van der Waals surface area contributed by atoms with Gasteiger partial charge in [-0.25, -0.2) is 9.78 Å². The van der Waals surface area contributed by atoms with E-state index in [1.54, 1.807) is 13.0 Å². The van der Waals surface area contributed by atoms with E-state index in [2.05, 4.69) is 36.3 Å². The summed E-state index contributed by atoms with van der Waals surface area (Å²) in [5, 5.41) is 5.02. The van der Waals surface area contributed by atoms with Crippen LogP contribution in [0, 0.1) is 20.8 Å². The third kappa shape index (κ3) is 4.52. The Labute approximate surface area is 145 Å². The van der Waals surface area contributed by atoms with E-state index in [1.807, 2.05) is 12.3 Å². The Bertz CT molecular complexity index is 794. The van der Waals surface area contributed by atoms with Crippen molar-refractivity contribution in [2.45, 2.75) is 27.7 Å². The van der Waals surface area contributed by atoms with Gasteiger partial charge >= 0.3 is 5.97 Å². The lowest BCUT2D eigenvalue weighted by Crippen LogP contribution is -2.20. The molecule has 6 heteroatoms. The molecule has 2 aromatic rings. The quantitative estimate of drug-likeness (QED) is 0.662. The first-order chi connectivity index (χ1) is 11.4. The van der Waals surface area contributed by atoms with Crippen LogP contribution in [0.1, 0.15) is 23.6 Å². The third-order valence-corrected chi connectivity index (χ3v) is 4.27. The van der Waals surface area contributed by atoms with Crippen LogP contribution < -0.4 is 5.32 Å². The van der Waals surface area contributed by atoms with Crippen LogP contribution >= 0.6 is 11.3 Å². The second-order valence-corrected chi connectivity index (χ2v) is 6.30. The Morgan fingerprint density at radius 3 is 2.62 bits per heavy atom. The van der Waals surface area contributed by atoms with E-state index in [-0.39, 0.29) is 6.61 Å². The van der Waals surface area contributed by atoms with Crippen molar-refractivity contribution in [3.05, 3.63) is 46.4 Å². The highest BCUT2D eigenvalue weighted by Gasteiger charge is 2.11. The van der Waals surface area contributed by atoms with Gasteiger partial charge in [0.15, 0.2) is 11.7 Å². The van der Waals surface area contributed by atoms with Crippen LogP contribution in [0.4, 0.5) is 5.13 Å². The molecule has 126 valence electrons. The number of aryl methyl sites for hydroxylation is 3. The van der Waals surface area contributed by atoms with Gasteiger partial charge < -0.3 is 4.74 Å². The highest BCUT2D eigenvalue weighted by Crippen LogP contribution is 2.29. The zero-order valence-corrected chi connectivity index (χ0v) is 15.0.